The van der Waals surface area contributed by atoms with E-state index < -0.39 is 0 Å². The van der Waals surface area contributed by atoms with Crippen LogP contribution in [-0.4, -0.2) is 47.6 Å². The van der Waals surface area contributed by atoms with E-state index in [4.69, 9.17) is 5.73 Å². The zero-order chi connectivity index (χ0) is 13.0. The van der Waals surface area contributed by atoms with Gasteiger partial charge in [0.1, 0.15) is 5.82 Å². The normalized spacial score (nSPS) is 26.5. The maximum Gasteiger partial charge on any atom is 0.228 e. The fourth-order valence-corrected chi connectivity index (χ4v) is 3.29. The van der Waals surface area contributed by atoms with Gasteiger partial charge in [0.2, 0.25) is 5.95 Å². The van der Waals surface area contributed by atoms with Crippen LogP contribution in [-0.2, 0) is 0 Å². The summed E-state index contributed by atoms with van der Waals surface area (Å²) in [6.45, 7) is 3.33. The molecule has 98 valence electrons. The summed E-state index contributed by atoms with van der Waals surface area (Å²) in [4.78, 5) is 13.8. The molecule has 5 heteroatoms. The molecule has 0 amide bonds. The molecule has 2 saturated heterocycles. The highest BCUT2D eigenvalue weighted by Gasteiger charge is 2.45. The van der Waals surface area contributed by atoms with Crippen LogP contribution in [0.1, 0.15) is 0 Å². The van der Waals surface area contributed by atoms with E-state index in [1.54, 1.807) is 0 Å². The summed E-state index contributed by atoms with van der Waals surface area (Å²) in [5, 5.41) is 0.937. The Morgan fingerprint density at radius 3 is 2.84 bits per heavy atom. The summed E-state index contributed by atoms with van der Waals surface area (Å²) >= 11 is 0. The minimum atomic E-state index is 0.561. The Balaban J connectivity index is 1.73. The molecule has 2 aliphatic rings. The van der Waals surface area contributed by atoms with Crippen molar-refractivity contribution >= 4 is 22.7 Å². The Labute approximate surface area is 112 Å². The van der Waals surface area contributed by atoms with Gasteiger partial charge in [0, 0.05) is 30.9 Å². The van der Waals surface area contributed by atoms with Crippen molar-refractivity contribution in [1.29, 1.82) is 0 Å². The predicted octanol–water partition coefficient (Wildman–Crippen LogP) is 0.962. The lowest BCUT2D eigenvalue weighted by Gasteiger charge is -2.43. The largest absolute Gasteiger partial charge is 0.383 e. The Kier molecular flexibility index (Phi) is 2.20. The Morgan fingerprint density at radius 1 is 1.16 bits per heavy atom. The predicted molar refractivity (Wildman–Crippen MR) is 76.1 cm³/mol. The van der Waals surface area contributed by atoms with Gasteiger partial charge in [0.05, 0.1) is 11.6 Å². The molecule has 2 unspecified atom stereocenters. The van der Waals surface area contributed by atoms with Crippen molar-refractivity contribution < 1.29 is 0 Å². The lowest BCUT2D eigenvalue weighted by molar-refractivity contribution is 0.356. The van der Waals surface area contributed by atoms with Crippen molar-refractivity contribution in [3.63, 3.8) is 0 Å². The SMILES string of the molecule is CN1CC2CN(c3nc(N)c4ccccc4n3)C2C1. The second kappa shape index (κ2) is 3.81. The van der Waals surface area contributed by atoms with Crippen LogP contribution in [0.25, 0.3) is 10.9 Å². The first kappa shape index (κ1) is 11.0. The molecule has 0 radical (unpaired) electrons. The van der Waals surface area contributed by atoms with Gasteiger partial charge in [-0.3, -0.25) is 0 Å². The van der Waals surface area contributed by atoms with E-state index in [1.807, 2.05) is 24.3 Å². The van der Waals surface area contributed by atoms with Gasteiger partial charge in [0.25, 0.3) is 0 Å². The number of hydrogen-bond acceptors (Lipinski definition) is 5. The highest BCUT2D eigenvalue weighted by Crippen LogP contribution is 2.35. The molecule has 19 heavy (non-hydrogen) atoms. The maximum atomic E-state index is 6.05. The van der Waals surface area contributed by atoms with Gasteiger partial charge in [-0.25, -0.2) is 4.98 Å². The van der Waals surface area contributed by atoms with Crippen molar-refractivity contribution in [2.45, 2.75) is 6.04 Å². The van der Waals surface area contributed by atoms with Crippen molar-refractivity contribution in [3.8, 4) is 0 Å². The van der Waals surface area contributed by atoms with E-state index in [-0.39, 0.29) is 0 Å². The molecule has 2 aromatic rings. The third-order valence-electron chi connectivity index (χ3n) is 4.30. The molecule has 0 spiro atoms. The quantitative estimate of drug-likeness (QED) is 0.822. The summed E-state index contributed by atoms with van der Waals surface area (Å²) in [6, 6.07) is 8.48. The van der Waals surface area contributed by atoms with Crippen LogP contribution in [0.2, 0.25) is 0 Å². The van der Waals surface area contributed by atoms with E-state index in [1.165, 1.54) is 6.54 Å². The zero-order valence-corrected chi connectivity index (χ0v) is 11.0. The number of fused-ring (bicyclic) bond motifs is 2. The first-order valence-electron chi connectivity index (χ1n) is 6.70. The van der Waals surface area contributed by atoms with Gasteiger partial charge in [0.15, 0.2) is 0 Å². The summed E-state index contributed by atoms with van der Waals surface area (Å²) < 4.78 is 0. The molecule has 5 nitrogen and oxygen atoms in total. The second-order valence-electron chi connectivity index (χ2n) is 5.63. The number of nitrogens with two attached hydrogens (primary N) is 1. The highest BCUT2D eigenvalue weighted by molar-refractivity contribution is 5.88. The first-order chi connectivity index (χ1) is 9.22. The lowest BCUT2D eigenvalue weighted by Crippen LogP contribution is -2.56. The topological polar surface area (TPSA) is 58.3 Å². The van der Waals surface area contributed by atoms with Gasteiger partial charge < -0.3 is 15.5 Å². The Bertz CT molecular complexity index is 641. The highest BCUT2D eigenvalue weighted by atomic mass is 15.4. The van der Waals surface area contributed by atoms with Crippen LogP contribution in [0.4, 0.5) is 11.8 Å². The molecule has 1 aromatic carbocycles. The number of rotatable bonds is 1. The zero-order valence-electron chi connectivity index (χ0n) is 11.0. The van der Waals surface area contributed by atoms with E-state index >= 15 is 0 Å². The number of nitrogens with zero attached hydrogens (tertiary/aromatic N) is 4. The second-order valence-corrected chi connectivity index (χ2v) is 5.63. The van der Waals surface area contributed by atoms with Crippen LogP contribution < -0.4 is 10.6 Å². The fourth-order valence-electron chi connectivity index (χ4n) is 3.29. The number of aromatic nitrogens is 2. The summed E-state index contributed by atoms with van der Waals surface area (Å²) in [7, 11) is 2.17. The van der Waals surface area contributed by atoms with Crippen molar-refractivity contribution in [3.05, 3.63) is 24.3 Å². The van der Waals surface area contributed by atoms with Crippen molar-refractivity contribution in [2.24, 2.45) is 5.92 Å². The molecule has 2 N–H and O–H groups in total. The molecule has 3 heterocycles. The Hall–Kier alpha value is -1.88. The molecule has 4 rings (SSSR count). The number of benzene rings is 1. The number of hydrogen-bond donors (Lipinski definition) is 1. The molecule has 2 aliphatic heterocycles. The monoisotopic (exact) mass is 255 g/mol. The van der Waals surface area contributed by atoms with Crippen LogP contribution in [0.15, 0.2) is 24.3 Å². The van der Waals surface area contributed by atoms with Gasteiger partial charge in [-0.15, -0.1) is 0 Å². The fraction of sp³-hybridized carbons (Fsp3) is 0.429. The van der Waals surface area contributed by atoms with Gasteiger partial charge in [-0.2, -0.15) is 4.98 Å². The molecule has 0 bridgehead atoms. The van der Waals surface area contributed by atoms with Gasteiger partial charge in [-0.05, 0) is 19.2 Å². The number of likely N-dealkylation sites (tertiary alicyclic amines) is 1. The number of anilines is 2. The van der Waals surface area contributed by atoms with E-state index in [2.05, 4.69) is 26.8 Å². The third kappa shape index (κ3) is 1.58. The molecular weight excluding hydrogens is 238 g/mol. The maximum absolute atomic E-state index is 6.05. The summed E-state index contributed by atoms with van der Waals surface area (Å²) in [5.41, 5.74) is 6.98. The average molecular weight is 255 g/mol. The third-order valence-corrected chi connectivity index (χ3v) is 4.30. The molecule has 0 aliphatic carbocycles. The summed E-state index contributed by atoms with van der Waals surface area (Å²) in [6.07, 6.45) is 0. The van der Waals surface area contributed by atoms with Crippen LogP contribution in [0.3, 0.4) is 0 Å². The van der Waals surface area contributed by atoms with Gasteiger partial charge in [-0.1, -0.05) is 12.1 Å². The lowest BCUT2D eigenvalue weighted by atomic mass is 9.92. The van der Waals surface area contributed by atoms with Crippen LogP contribution in [0, 0.1) is 5.92 Å². The number of nitrogen functional groups attached to an aromatic ring is 1. The standard InChI is InChI=1S/C14H17N5/c1-18-6-9-7-19(12(9)8-18)14-16-11-5-3-2-4-10(11)13(15)17-14/h2-5,9,12H,6-8H2,1H3,(H2,15,16,17). The minimum Gasteiger partial charge on any atom is -0.383 e. The van der Waals surface area contributed by atoms with E-state index in [0.29, 0.717) is 11.9 Å². The molecular formula is C14H17N5. The van der Waals surface area contributed by atoms with Crippen molar-refractivity contribution in [1.82, 2.24) is 14.9 Å². The number of likely N-dealkylation sites (N-methyl/N-ethyl adjacent to an activating group) is 1. The molecule has 2 fully saturated rings. The van der Waals surface area contributed by atoms with E-state index in [0.717, 1.165) is 35.9 Å². The number of para-hydroxylation sites is 1. The van der Waals surface area contributed by atoms with Crippen LogP contribution in [0.5, 0.6) is 0 Å². The molecule has 2 atom stereocenters. The minimum absolute atomic E-state index is 0.561. The molecule has 0 saturated carbocycles. The van der Waals surface area contributed by atoms with Gasteiger partial charge >= 0.3 is 0 Å². The average Bonchev–Trinajstić information content (AvgIpc) is 2.67. The summed E-state index contributed by atoms with van der Waals surface area (Å²) in [5.74, 6) is 2.13. The van der Waals surface area contributed by atoms with Crippen LogP contribution >= 0.6 is 0 Å². The first-order valence-corrected chi connectivity index (χ1v) is 6.70. The van der Waals surface area contributed by atoms with E-state index in [9.17, 15) is 0 Å². The van der Waals surface area contributed by atoms with Crippen molar-refractivity contribution in [2.75, 3.05) is 37.3 Å². The molecule has 1 aromatic heterocycles. The smallest absolute Gasteiger partial charge is 0.228 e. The Morgan fingerprint density at radius 2 is 2.00 bits per heavy atom.